The first-order valence-corrected chi connectivity index (χ1v) is 5.70. The van der Waals surface area contributed by atoms with Crippen LogP contribution in [0.15, 0.2) is 0 Å². The molecule has 0 aliphatic carbocycles. The van der Waals surface area contributed by atoms with E-state index >= 15 is 0 Å². The lowest BCUT2D eigenvalue weighted by Crippen LogP contribution is -2.29. The van der Waals surface area contributed by atoms with Gasteiger partial charge in [0.25, 0.3) is 10.1 Å². The van der Waals surface area contributed by atoms with Gasteiger partial charge in [0.15, 0.2) is 0 Å². The summed E-state index contributed by atoms with van der Waals surface area (Å²) in [6.45, 7) is 2.07. The first-order valence-electron chi connectivity index (χ1n) is 4.20. The highest BCUT2D eigenvalue weighted by Crippen LogP contribution is 2.06. The van der Waals surface area contributed by atoms with Crippen molar-refractivity contribution in [2.45, 2.75) is 44.4 Å². The Labute approximate surface area is 73.9 Å². The van der Waals surface area contributed by atoms with E-state index in [1.807, 2.05) is 0 Å². The number of hydrogen-bond donors (Lipinski definition) is 2. The van der Waals surface area contributed by atoms with Gasteiger partial charge in [-0.1, -0.05) is 32.6 Å². The van der Waals surface area contributed by atoms with E-state index in [1.165, 1.54) is 0 Å². The lowest BCUT2D eigenvalue weighted by Gasteiger charge is -2.06. The van der Waals surface area contributed by atoms with Crippen molar-refractivity contribution in [3.05, 3.63) is 0 Å². The smallest absolute Gasteiger partial charge is 0.280 e. The zero-order valence-corrected chi connectivity index (χ0v) is 8.18. The highest BCUT2D eigenvalue weighted by atomic mass is 32.2. The van der Waals surface area contributed by atoms with Crippen molar-refractivity contribution in [2.24, 2.45) is 5.73 Å². The van der Waals surface area contributed by atoms with Crippen molar-refractivity contribution in [1.29, 1.82) is 0 Å². The lowest BCUT2D eigenvalue weighted by atomic mass is 10.1. The molecule has 74 valence electrons. The zero-order valence-electron chi connectivity index (χ0n) is 7.36. The van der Waals surface area contributed by atoms with Crippen LogP contribution in [0, 0.1) is 0 Å². The molecule has 4 nitrogen and oxygen atoms in total. The molecule has 0 saturated carbocycles. The molecule has 5 heteroatoms. The maximum absolute atomic E-state index is 10.4. The summed E-state index contributed by atoms with van der Waals surface area (Å²) in [6, 6.07) is 0. The van der Waals surface area contributed by atoms with Crippen LogP contribution in [0.3, 0.4) is 0 Å². The summed E-state index contributed by atoms with van der Waals surface area (Å²) in [7, 11) is -4.01. The van der Waals surface area contributed by atoms with Crippen LogP contribution in [0.25, 0.3) is 0 Å². The Kier molecular flexibility index (Phi) is 5.44. The number of rotatable bonds is 6. The fourth-order valence-electron chi connectivity index (χ4n) is 0.921. The molecule has 0 heterocycles. The maximum Gasteiger partial charge on any atom is 0.280 e. The molecule has 0 aliphatic rings. The van der Waals surface area contributed by atoms with Gasteiger partial charge in [-0.25, -0.2) is 0 Å². The van der Waals surface area contributed by atoms with Crippen molar-refractivity contribution < 1.29 is 13.0 Å². The highest BCUT2D eigenvalue weighted by molar-refractivity contribution is 7.86. The van der Waals surface area contributed by atoms with Crippen LogP contribution in [-0.4, -0.2) is 18.3 Å². The Bertz CT molecular complexity index is 201. The fourth-order valence-corrected chi connectivity index (χ4v) is 1.39. The van der Waals surface area contributed by atoms with Crippen molar-refractivity contribution in [1.82, 2.24) is 0 Å². The van der Waals surface area contributed by atoms with E-state index < -0.39 is 15.5 Å². The summed E-state index contributed by atoms with van der Waals surface area (Å²) in [4.78, 5) is 0. The number of unbranched alkanes of at least 4 members (excludes halogenated alkanes) is 3. The molecule has 0 aromatic heterocycles. The molecule has 0 radical (unpaired) electrons. The molecule has 0 bridgehead atoms. The van der Waals surface area contributed by atoms with E-state index in [-0.39, 0.29) is 0 Å². The van der Waals surface area contributed by atoms with Gasteiger partial charge < -0.3 is 5.73 Å². The molecule has 0 saturated heterocycles. The predicted molar refractivity (Wildman–Crippen MR) is 48.3 cm³/mol. The molecule has 1 unspecified atom stereocenters. The van der Waals surface area contributed by atoms with Crippen molar-refractivity contribution >= 4 is 10.1 Å². The SMILES string of the molecule is CCCCCCC(N)S(=O)(=O)O. The van der Waals surface area contributed by atoms with Gasteiger partial charge >= 0.3 is 0 Å². The Balaban J connectivity index is 3.52. The molecule has 0 spiro atoms. The maximum atomic E-state index is 10.4. The molecule has 0 rings (SSSR count). The van der Waals surface area contributed by atoms with E-state index in [0.717, 1.165) is 25.7 Å². The van der Waals surface area contributed by atoms with Crippen LogP contribution in [0.2, 0.25) is 0 Å². The third-order valence-corrected chi connectivity index (χ3v) is 2.73. The molecule has 1 atom stereocenters. The average molecular weight is 195 g/mol. The Hall–Kier alpha value is -0.130. The van der Waals surface area contributed by atoms with Gasteiger partial charge in [-0.15, -0.1) is 0 Å². The van der Waals surface area contributed by atoms with Gasteiger partial charge in [-0.05, 0) is 6.42 Å². The highest BCUT2D eigenvalue weighted by Gasteiger charge is 2.16. The molecular formula is C7H17NO3S. The standard InChI is InChI=1S/C7H17NO3S/c1-2-3-4-5-6-7(8)12(9,10)11/h7H,2-6,8H2,1H3,(H,9,10,11). The van der Waals surface area contributed by atoms with Crippen LogP contribution in [0.4, 0.5) is 0 Å². The second kappa shape index (κ2) is 5.50. The summed E-state index contributed by atoms with van der Waals surface area (Å²) in [5, 5.41) is -1.10. The van der Waals surface area contributed by atoms with Crippen molar-refractivity contribution in [3.8, 4) is 0 Å². The monoisotopic (exact) mass is 195 g/mol. The van der Waals surface area contributed by atoms with E-state index in [4.69, 9.17) is 10.3 Å². The van der Waals surface area contributed by atoms with Gasteiger partial charge in [0.05, 0.1) is 0 Å². The van der Waals surface area contributed by atoms with Crippen LogP contribution in [0.5, 0.6) is 0 Å². The largest absolute Gasteiger partial charge is 0.313 e. The zero-order chi connectivity index (χ0) is 9.61. The van der Waals surface area contributed by atoms with Crippen LogP contribution in [0.1, 0.15) is 39.0 Å². The molecule has 3 N–H and O–H groups in total. The summed E-state index contributed by atoms with van der Waals surface area (Å²) in [5.41, 5.74) is 5.20. The quantitative estimate of drug-likeness (QED) is 0.492. The van der Waals surface area contributed by atoms with Crippen molar-refractivity contribution in [2.75, 3.05) is 0 Å². The summed E-state index contributed by atoms with van der Waals surface area (Å²) in [5.74, 6) is 0. The van der Waals surface area contributed by atoms with Crippen LogP contribution >= 0.6 is 0 Å². The minimum Gasteiger partial charge on any atom is -0.313 e. The van der Waals surface area contributed by atoms with Gasteiger partial charge in [0, 0.05) is 0 Å². The first-order chi connectivity index (χ1) is 5.48. The van der Waals surface area contributed by atoms with Gasteiger partial charge in [0.2, 0.25) is 0 Å². The molecule has 0 aromatic rings. The normalized spacial score (nSPS) is 14.6. The molecule has 0 aromatic carbocycles. The molecular weight excluding hydrogens is 178 g/mol. The Morgan fingerprint density at radius 3 is 2.33 bits per heavy atom. The van der Waals surface area contributed by atoms with E-state index in [2.05, 4.69) is 6.92 Å². The van der Waals surface area contributed by atoms with E-state index in [9.17, 15) is 8.42 Å². The first kappa shape index (κ1) is 11.9. The number of hydrogen-bond acceptors (Lipinski definition) is 3. The molecule has 0 amide bonds. The average Bonchev–Trinajstić information content (AvgIpc) is 1.96. The topological polar surface area (TPSA) is 80.4 Å². The third-order valence-electron chi connectivity index (χ3n) is 1.72. The minimum absolute atomic E-state index is 0.346. The van der Waals surface area contributed by atoms with E-state index in [1.54, 1.807) is 0 Å². The Morgan fingerprint density at radius 2 is 1.92 bits per heavy atom. The van der Waals surface area contributed by atoms with Crippen LogP contribution < -0.4 is 5.73 Å². The third kappa shape index (κ3) is 5.51. The summed E-state index contributed by atoms with van der Waals surface area (Å²) in [6.07, 6.45) is 4.26. The fraction of sp³-hybridized carbons (Fsp3) is 1.00. The van der Waals surface area contributed by atoms with Crippen LogP contribution in [-0.2, 0) is 10.1 Å². The molecule has 0 fully saturated rings. The van der Waals surface area contributed by atoms with Crippen molar-refractivity contribution in [3.63, 3.8) is 0 Å². The lowest BCUT2D eigenvalue weighted by molar-refractivity contribution is 0.458. The predicted octanol–water partition coefficient (Wildman–Crippen LogP) is 1.13. The second-order valence-electron chi connectivity index (χ2n) is 2.90. The molecule has 0 aliphatic heterocycles. The summed E-state index contributed by atoms with van der Waals surface area (Å²) >= 11 is 0. The summed E-state index contributed by atoms with van der Waals surface area (Å²) < 4.78 is 29.3. The Morgan fingerprint density at radius 1 is 1.33 bits per heavy atom. The minimum atomic E-state index is -4.01. The van der Waals surface area contributed by atoms with Gasteiger partial charge in [-0.3, -0.25) is 4.55 Å². The molecule has 12 heavy (non-hydrogen) atoms. The second-order valence-corrected chi connectivity index (χ2v) is 4.54. The van der Waals surface area contributed by atoms with Gasteiger partial charge in [0.1, 0.15) is 5.37 Å². The van der Waals surface area contributed by atoms with E-state index in [0.29, 0.717) is 6.42 Å². The van der Waals surface area contributed by atoms with Gasteiger partial charge in [-0.2, -0.15) is 8.42 Å². The number of nitrogens with two attached hydrogens (primary N) is 1.